The molecule has 1 aliphatic carbocycles. The van der Waals surface area contributed by atoms with E-state index in [2.05, 4.69) is 35.3 Å². The van der Waals surface area contributed by atoms with Crippen LogP contribution in [0, 0.1) is 0 Å². The van der Waals surface area contributed by atoms with Gasteiger partial charge < -0.3 is 20.6 Å². The summed E-state index contributed by atoms with van der Waals surface area (Å²) in [6.45, 7) is 11.8. The van der Waals surface area contributed by atoms with Crippen LogP contribution in [-0.4, -0.2) is 61.0 Å². The predicted octanol–water partition coefficient (Wildman–Crippen LogP) is 3.61. The highest BCUT2D eigenvalue weighted by molar-refractivity contribution is 6.82. The molecule has 1 unspecified atom stereocenters. The van der Waals surface area contributed by atoms with E-state index in [1.165, 1.54) is 0 Å². The SMILES string of the molecule is CC1(C)C2=C(CN1C(=O)NCC(O)c1ccccc1)C(NC(=O)C1([Si](C)(C)C)CCC1)=NC2. The van der Waals surface area contributed by atoms with Gasteiger partial charge >= 0.3 is 6.03 Å². The number of nitrogens with one attached hydrogen (secondary N) is 2. The van der Waals surface area contributed by atoms with Crippen LogP contribution in [0.4, 0.5) is 4.79 Å². The summed E-state index contributed by atoms with van der Waals surface area (Å²) in [6.07, 6.45) is 2.25. The van der Waals surface area contributed by atoms with Crippen molar-refractivity contribution in [1.82, 2.24) is 15.5 Å². The summed E-state index contributed by atoms with van der Waals surface area (Å²) < 4.78 is 0. The number of carbonyl (C=O) groups is 2. The Balaban J connectivity index is 1.42. The van der Waals surface area contributed by atoms with Crippen LogP contribution < -0.4 is 10.6 Å². The van der Waals surface area contributed by atoms with Gasteiger partial charge in [-0.2, -0.15) is 0 Å². The second-order valence-corrected chi connectivity index (χ2v) is 16.5. The van der Waals surface area contributed by atoms with E-state index < -0.39 is 19.7 Å². The first kappa shape index (κ1) is 23.7. The first-order valence-corrected chi connectivity index (χ1v) is 15.3. The Morgan fingerprint density at radius 3 is 2.42 bits per heavy atom. The molecule has 1 saturated carbocycles. The lowest BCUT2D eigenvalue weighted by atomic mass is 9.83. The van der Waals surface area contributed by atoms with Crippen LogP contribution in [0.1, 0.15) is 44.8 Å². The zero-order chi connectivity index (χ0) is 24.0. The van der Waals surface area contributed by atoms with E-state index in [4.69, 9.17) is 0 Å². The van der Waals surface area contributed by atoms with E-state index in [1.54, 1.807) is 4.90 Å². The number of aliphatic hydroxyl groups excluding tert-OH is 1. The Kier molecular flexibility index (Phi) is 6.03. The minimum Gasteiger partial charge on any atom is -0.387 e. The molecule has 7 nitrogen and oxygen atoms in total. The monoisotopic (exact) mass is 468 g/mol. The first-order chi connectivity index (χ1) is 15.5. The fourth-order valence-electron chi connectivity index (χ4n) is 5.33. The molecule has 1 aromatic carbocycles. The fourth-order valence-corrected chi connectivity index (χ4v) is 7.93. The van der Waals surface area contributed by atoms with Crippen molar-refractivity contribution in [3.8, 4) is 0 Å². The highest BCUT2D eigenvalue weighted by Gasteiger charge is 2.54. The number of nitrogens with zero attached hydrogens (tertiary/aromatic N) is 2. The van der Waals surface area contributed by atoms with Crippen LogP contribution >= 0.6 is 0 Å². The number of benzene rings is 1. The Bertz CT molecular complexity index is 1010. The van der Waals surface area contributed by atoms with E-state index in [-0.39, 0.29) is 23.5 Å². The van der Waals surface area contributed by atoms with Gasteiger partial charge in [-0.25, -0.2) is 4.79 Å². The summed E-state index contributed by atoms with van der Waals surface area (Å²) in [5, 5.41) is 16.2. The predicted molar refractivity (Wildman–Crippen MR) is 133 cm³/mol. The molecule has 178 valence electrons. The molecular weight excluding hydrogens is 432 g/mol. The van der Waals surface area contributed by atoms with Crippen molar-refractivity contribution in [2.45, 2.75) is 69.4 Å². The van der Waals surface area contributed by atoms with Crippen LogP contribution in [0.2, 0.25) is 24.7 Å². The van der Waals surface area contributed by atoms with Gasteiger partial charge in [-0.15, -0.1) is 0 Å². The van der Waals surface area contributed by atoms with E-state index in [9.17, 15) is 14.7 Å². The number of rotatable bonds is 5. The topological polar surface area (TPSA) is 94.0 Å². The van der Waals surface area contributed by atoms with Gasteiger partial charge in [0.1, 0.15) is 5.84 Å². The molecule has 4 rings (SSSR count). The van der Waals surface area contributed by atoms with Gasteiger partial charge in [0.25, 0.3) is 0 Å². The Labute approximate surface area is 197 Å². The average molecular weight is 469 g/mol. The van der Waals surface area contributed by atoms with Crippen molar-refractivity contribution in [3.63, 3.8) is 0 Å². The number of urea groups is 1. The van der Waals surface area contributed by atoms with Gasteiger partial charge in [0, 0.05) is 17.2 Å². The summed E-state index contributed by atoms with van der Waals surface area (Å²) in [5.74, 6) is 0.735. The van der Waals surface area contributed by atoms with Crippen LogP contribution in [0.15, 0.2) is 46.5 Å². The molecule has 3 amide bonds. The summed E-state index contributed by atoms with van der Waals surface area (Å²) in [6, 6.07) is 9.07. The molecule has 0 bridgehead atoms. The number of carbonyl (C=O) groups excluding carboxylic acids is 2. The highest BCUT2D eigenvalue weighted by atomic mass is 28.3. The quantitative estimate of drug-likeness (QED) is 0.576. The third-order valence-corrected chi connectivity index (χ3v) is 11.6. The maximum Gasteiger partial charge on any atom is 0.318 e. The van der Waals surface area contributed by atoms with Crippen LogP contribution in [-0.2, 0) is 4.79 Å². The number of amides is 3. The molecule has 0 spiro atoms. The number of hydrogen-bond donors (Lipinski definition) is 3. The standard InChI is InChI=1S/C25H36N4O3Si/c1-24(2)19-14-26-21(28-22(31)25(12-9-13-25)33(3,4)5)18(19)16-29(24)23(32)27-15-20(30)17-10-7-6-8-11-17/h6-8,10-11,20,30H,9,12-16H2,1-5H3,(H,27,32)(H,26,28,31). The lowest BCUT2D eigenvalue weighted by molar-refractivity contribution is -0.125. The molecule has 2 heterocycles. The summed E-state index contributed by atoms with van der Waals surface area (Å²) in [4.78, 5) is 32.8. The van der Waals surface area contributed by atoms with E-state index in [0.717, 1.165) is 36.0 Å². The Hall–Kier alpha value is -2.45. The molecule has 8 heteroatoms. The smallest absolute Gasteiger partial charge is 0.318 e. The van der Waals surface area contributed by atoms with Crippen molar-refractivity contribution in [3.05, 3.63) is 47.0 Å². The molecule has 1 aromatic rings. The largest absolute Gasteiger partial charge is 0.387 e. The van der Waals surface area contributed by atoms with Crippen molar-refractivity contribution >= 4 is 25.8 Å². The van der Waals surface area contributed by atoms with E-state index >= 15 is 0 Å². The third kappa shape index (κ3) is 4.03. The third-order valence-electron chi connectivity index (χ3n) is 7.96. The summed E-state index contributed by atoms with van der Waals surface area (Å²) >= 11 is 0. The molecule has 3 aliphatic rings. The molecule has 0 saturated heterocycles. The van der Waals surface area contributed by atoms with Gasteiger partial charge in [0.05, 0.1) is 32.8 Å². The summed E-state index contributed by atoms with van der Waals surface area (Å²) in [7, 11) is -1.68. The van der Waals surface area contributed by atoms with Gasteiger partial charge in [-0.1, -0.05) is 56.4 Å². The van der Waals surface area contributed by atoms with Gasteiger partial charge in [-0.05, 0) is 37.8 Å². The lowest BCUT2D eigenvalue weighted by Crippen LogP contribution is -2.55. The number of amidine groups is 1. The first-order valence-electron chi connectivity index (χ1n) is 11.8. The molecule has 0 aromatic heterocycles. The zero-order valence-electron chi connectivity index (χ0n) is 20.4. The summed E-state index contributed by atoms with van der Waals surface area (Å²) in [5.41, 5.74) is 2.29. The number of hydrogen-bond acceptors (Lipinski definition) is 4. The van der Waals surface area contributed by atoms with Gasteiger partial charge in [0.15, 0.2) is 0 Å². The molecule has 1 atom stereocenters. The van der Waals surface area contributed by atoms with Crippen LogP contribution in [0.3, 0.4) is 0 Å². The molecular formula is C25H36N4O3Si. The van der Waals surface area contributed by atoms with Crippen molar-refractivity contribution in [1.29, 1.82) is 0 Å². The number of aliphatic imine (C=N–C) groups is 1. The fraction of sp³-hybridized carbons (Fsp3) is 0.560. The molecule has 33 heavy (non-hydrogen) atoms. The van der Waals surface area contributed by atoms with E-state index in [0.29, 0.717) is 18.9 Å². The van der Waals surface area contributed by atoms with Crippen molar-refractivity contribution in [2.24, 2.45) is 4.99 Å². The van der Waals surface area contributed by atoms with Crippen molar-refractivity contribution in [2.75, 3.05) is 19.6 Å². The minimum absolute atomic E-state index is 0.104. The van der Waals surface area contributed by atoms with Crippen molar-refractivity contribution < 1.29 is 14.7 Å². The number of aliphatic hydroxyl groups is 1. The van der Waals surface area contributed by atoms with Crippen LogP contribution in [0.5, 0.6) is 0 Å². The second kappa shape index (κ2) is 8.40. The van der Waals surface area contributed by atoms with Crippen LogP contribution in [0.25, 0.3) is 0 Å². The zero-order valence-corrected chi connectivity index (χ0v) is 21.4. The molecule has 2 aliphatic heterocycles. The maximum absolute atomic E-state index is 13.3. The maximum atomic E-state index is 13.3. The minimum atomic E-state index is -1.68. The van der Waals surface area contributed by atoms with Gasteiger partial charge in [-0.3, -0.25) is 9.79 Å². The van der Waals surface area contributed by atoms with E-state index in [1.807, 2.05) is 44.2 Å². The average Bonchev–Trinajstić information content (AvgIpc) is 3.22. The Morgan fingerprint density at radius 1 is 1.18 bits per heavy atom. The van der Waals surface area contributed by atoms with Gasteiger partial charge in [0.2, 0.25) is 5.91 Å². The molecule has 1 fully saturated rings. The normalized spacial score (nSPS) is 21.8. The Morgan fingerprint density at radius 2 is 1.85 bits per heavy atom. The molecule has 0 radical (unpaired) electrons. The lowest BCUT2D eigenvalue weighted by Gasteiger charge is -2.49. The molecule has 3 N–H and O–H groups in total. The second-order valence-electron chi connectivity index (χ2n) is 11.0. The highest BCUT2D eigenvalue weighted by Crippen LogP contribution is 2.55.